The van der Waals surface area contributed by atoms with Crippen LogP contribution in [0.4, 0.5) is 4.20 Å². The van der Waals surface area contributed by atoms with Gasteiger partial charge in [0.15, 0.2) is 0 Å². The molecular formula is C12H14FO3P. The van der Waals surface area contributed by atoms with Crippen molar-refractivity contribution in [2.75, 3.05) is 13.2 Å². The first-order valence-corrected chi connectivity index (χ1v) is 6.86. The average Bonchev–Trinajstić information content (AvgIpc) is 2.27. The molecule has 0 aromatic heterocycles. The Labute approximate surface area is 101 Å². The fourth-order valence-electron chi connectivity index (χ4n) is 1.27. The zero-order chi connectivity index (χ0) is 12.7. The van der Waals surface area contributed by atoms with Gasteiger partial charge in [-0.05, 0) is 24.6 Å². The molecule has 0 aliphatic heterocycles. The number of halogens is 1. The summed E-state index contributed by atoms with van der Waals surface area (Å²) in [6, 6.07) is 6.57. The Kier molecular flexibility index (Phi) is 5.21. The third-order valence-corrected chi connectivity index (χ3v) is 3.33. The van der Waals surface area contributed by atoms with Gasteiger partial charge in [0.25, 0.3) is 0 Å². The van der Waals surface area contributed by atoms with Gasteiger partial charge < -0.3 is 9.26 Å². The molecule has 0 amide bonds. The lowest BCUT2D eigenvalue weighted by molar-refractivity contribution is 0.303. The van der Waals surface area contributed by atoms with Gasteiger partial charge in [-0.1, -0.05) is 18.1 Å². The largest absolute Gasteiger partial charge is 0.481 e. The highest BCUT2D eigenvalue weighted by atomic mass is 31.2. The van der Waals surface area contributed by atoms with Crippen LogP contribution in [-0.2, 0) is 15.3 Å². The molecule has 0 saturated carbocycles. The summed E-state index contributed by atoms with van der Waals surface area (Å²) in [5.74, 6) is 2.93. The molecule has 0 N–H and O–H groups in total. The number of hydrogen-bond acceptors (Lipinski definition) is 3. The summed E-state index contributed by atoms with van der Waals surface area (Å²) in [6.45, 7) is 1.88. The van der Waals surface area contributed by atoms with E-state index in [2.05, 4.69) is 10.4 Å². The van der Waals surface area contributed by atoms with E-state index in [9.17, 15) is 8.76 Å². The van der Waals surface area contributed by atoms with E-state index in [-0.39, 0.29) is 19.4 Å². The molecule has 17 heavy (non-hydrogen) atoms. The van der Waals surface area contributed by atoms with Crippen molar-refractivity contribution in [2.45, 2.75) is 13.1 Å². The Morgan fingerprint density at radius 2 is 2.06 bits per heavy atom. The maximum absolute atomic E-state index is 13.4. The summed E-state index contributed by atoms with van der Waals surface area (Å²) in [4.78, 5) is 0. The molecule has 3 nitrogen and oxygen atoms in total. The van der Waals surface area contributed by atoms with Crippen LogP contribution in [0.2, 0.25) is 0 Å². The van der Waals surface area contributed by atoms with Gasteiger partial charge in [-0.3, -0.25) is 4.57 Å². The maximum Gasteiger partial charge on any atom is 0.371 e. The third-order valence-electron chi connectivity index (χ3n) is 1.94. The number of rotatable bonds is 6. The molecule has 0 radical (unpaired) electrons. The van der Waals surface area contributed by atoms with E-state index in [0.29, 0.717) is 11.3 Å². The van der Waals surface area contributed by atoms with Crippen LogP contribution in [0.3, 0.4) is 0 Å². The molecule has 0 fully saturated rings. The minimum absolute atomic E-state index is 0.0944. The van der Waals surface area contributed by atoms with Crippen LogP contribution in [0.25, 0.3) is 0 Å². The first-order chi connectivity index (χ1) is 8.07. The van der Waals surface area contributed by atoms with Crippen molar-refractivity contribution in [3.05, 3.63) is 29.8 Å². The number of hydrogen-bond donors (Lipinski definition) is 0. The van der Waals surface area contributed by atoms with E-state index in [1.165, 1.54) is 0 Å². The van der Waals surface area contributed by atoms with Crippen LogP contribution in [0, 0.1) is 12.3 Å². The molecular weight excluding hydrogens is 242 g/mol. The van der Waals surface area contributed by atoms with Crippen molar-refractivity contribution in [1.82, 2.24) is 0 Å². The van der Waals surface area contributed by atoms with Crippen LogP contribution in [-0.4, -0.2) is 13.2 Å². The predicted octanol–water partition coefficient (Wildman–Crippen LogP) is 3.40. The summed E-state index contributed by atoms with van der Waals surface area (Å²) < 4.78 is 34.4. The van der Waals surface area contributed by atoms with Crippen molar-refractivity contribution in [3.8, 4) is 18.1 Å². The monoisotopic (exact) mass is 256 g/mol. The molecule has 5 heteroatoms. The lowest BCUT2D eigenvalue weighted by Gasteiger charge is -2.09. The molecule has 0 aliphatic rings. The zero-order valence-electron chi connectivity index (χ0n) is 9.56. The second-order valence-corrected chi connectivity index (χ2v) is 5.06. The summed E-state index contributed by atoms with van der Waals surface area (Å²) >= 11 is 0. The summed E-state index contributed by atoms with van der Waals surface area (Å²) in [5.41, 5.74) is 0.595. The SMILES string of the molecule is C#CCOc1ccc(CP(=O)(F)OCC)cc1. The molecule has 0 saturated heterocycles. The molecule has 92 valence electrons. The maximum atomic E-state index is 13.4. The van der Waals surface area contributed by atoms with E-state index in [1.54, 1.807) is 31.2 Å². The highest BCUT2D eigenvalue weighted by Gasteiger charge is 2.21. The minimum atomic E-state index is -4.02. The second-order valence-electron chi connectivity index (χ2n) is 3.30. The molecule has 1 unspecified atom stereocenters. The molecule has 0 spiro atoms. The van der Waals surface area contributed by atoms with Gasteiger partial charge in [-0.2, -0.15) is 4.20 Å². The van der Waals surface area contributed by atoms with Gasteiger partial charge in [0, 0.05) is 0 Å². The van der Waals surface area contributed by atoms with Crippen molar-refractivity contribution in [1.29, 1.82) is 0 Å². The molecule has 1 aromatic carbocycles. The van der Waals surface area contributed by atoms with Gasteiger partial charge in [0.05, 0.1) is 12.8 Å². The summed E-state index contributed by atoms with van der Waals surface area (Å²) in [6.07, 6.45) is 4.82. The Morgan fingerprint density at radius 3 is 2.59 bits per heavy atom. The van der Waals surface area contributed by atoms with E-state index in [4.69, 9.17) is 11.2 Å². The standard InChI is InChI=1S/C12H14FO3P/c1-3-9-15-12-7-5-11(6-8-12)10-17(13,14)16-4-2/h1,5-8H,4,9-10H2,2H3. The van der Waals surface area contributed by atoms with Gasteiger partial charge in [-0.15, -0.1) is 6.42 Å². The second kappa shape index (κ2) is 6.44. The smallest absolute Gasteiger partial charge is 0.371 e. The van der Waals surface area contributed by atoms with Gasteiger partial charge in [0.1, 0.15) is 12.4 Å². The van der Waals surface area contributed by atoms with Gasteiger partial charge in [-0.25, -0.2) is 0 Å². The fraction of sp³-hybridized carbons (Fsp3) is 0.333. The Hall–Kier alpha value is -1.30. The Morgan fingerprint density at radius 1 is 1.41 bits per heavy atom. The van der Waals surface area contributed by atoms with Crippen molar-refractivity contribution >= 4 is 7.68 Å². The quantitative estimate of drug-likeness (QED) is 0.578. The van der Waals surface area contributed by atoms with Crippen LogP contribution < -0.4 is 4.74 Å². The van der Waals surface area contributed by atoms with Crippen molar-refractivity contribution < 1.29 is 18.0 Å². The lowest BCUT2D eigenvalue weighted by Crippen LogP contribution is -1.94. The number of terminal acetylenes is 1. The summed E-state index contributed by atoms with van der Waals surface area (Å²) in [5, 5.41) is 0. The molecule has 0 aliphatic carbocycles. The average molecular weight is 256 g/mol. The summed E-state index contributed by atoms with van der Waals surface area (Å²) in [7, 11) is -4.02. The van der Waals surface area contributed by atoms with Gasteiger partial charge >= 0.3 is 7.68 Å². The topological polar surface area (TPSA) is 35.5 Å². The van der Waals surface area contributed by atoms with Crippen LogP contribution in [0.5, 0.6) is 5.75 Å². The molecule has 1 aromatic rings. The van der Waals surface area contributed by atoms with Crippen LogP contribution >= 0.6 is 7.68 Å². The van der Waals surface area contributed by atoms with Crippen LogP contribution in [0.1, 0.15) is 12.5 Å². The normalized spacial score (nSPS) is 13.7. The predicted molar refractivity (Wildman–Crippen MR) is 64.8 cm³/mol. The van der Waals surface area contributed by atoms with E-state index < -0.39 is 7.68 Å². The number of ether oxygens (including phenoxy) is 1. The highest BCUT2D eigenvalue weighted by molar-refractivity contribution is 7.52. The zero-order valence-corrected chi connectivity index (χ0v) is 10.5. The minimum Gasteiger partial charge on any atom is -0.481 e. The Balaban J connectivity index is 2.62. The van der Waals surface area contributed by atoms with Gasteiger partial charge in [0.2, 0.25) is 0 Å². The Bertz CT molecular complexity index is 436. The third kappa shape index (κ3) is 5.04. The first kappa shape index (κ1) is 13.8. The molecule has 0 heterocycles. The fourth-order valence-corrected chi connectivity index (χ4v) is 2.40. The van der Waals surface area contributed by atoms with Crippen molar-refractivity contribution in [3.63, 3.8) is 0 Å². The number of benzene rings is 1. The van der Waals surface area contributed by atoms with E-state index >= 15 is 0 Å². The van der Waals surface area contributed by atoms with E-state index in [0.717, 1.165) is 0 Å². The molecule has 1 atom stereocenters. The van der Waals surface area contributed by atoms with Crippen LogP contribution in [0.15, 0.2) is 24.3 Å². The van der Waals surface area contributed by atoms with Crippen molar-refractivity contribution in [2.24, 2.45) is 0 Å². The first-order valence-electron chi connectivity index (χ1n) is 5.16. The molecule has 1 rings (SSSR count). The lowest BCUT2D eigenvalue weighted by atomic mass is 10.2. The van der Waals surface area contributed by atoms with E-state index in [1.807, 2.05) is 0 Å². The molecule has 0 bridgehead atoms. The highest BCUT2D eigenvalue weighted by Crippen LogP contribution is 2.51.